The van der Waals surface area contributed by atoms with Crippen molar-refractivity contribution >= 4 is 39.5 Å². The second kappa shape index (κ2) is 66.0. The first-order chi connectivity index (χ1) is 44.9. The number of esters is 4. The Bertz CT molecular complexity index is 1810. The third kappa shape index (κ3) is 67.0. The van der Waals surface area contributed by atoms with Crippen molar-refractivity contribution in [2.45, 2.75) is 400 Å². The summed E-state index contributed by atoms with van der Waals surface area (Å²) in [6.45, 7) is 9.62. The first-order valence-electron chi connectivity index (χ1n) is 38.5. The predicted octanol–water partition coefficient (Wildman–Crippen LogP) is 21.6. The molecule has 0 fully saturated rings. The zero-order valence-corrected chi connectivity index (χ0v) is 62.3. The molecule has 0 aromatic heterocycles. The summed E-state index contributed by atoms with van der Waals surface area (Å²) < 4.78 is 68.5. The van der Waals surface area contributed by atoms with Crippen LogP contribution in [0.15, 0.2) is 0 Å². The number of unbranched alkanes of at least 4 members (excludes halogenated alkanes) is 42. The van der Waals surface area contributed by atoms with Crippen LogP contribution in [0.1, 0.15) is 382 Å². The van der Waals surface area contributed by atoms with Gasteiger partial charge in [0.1, 0.15) is 19.3 Å². The quantitative estimate of drug-likeness (QED) is 0.0222. The van der Waals surface area contributed by atoms with Gasteiger partial charge in [-0.15, -0.1) is 0 Å². The Morgan fingerprint density at radius 1 is 0.312 bits per heavy atom. The molecule has 0 rings (SSSR count). The molecule has 0 heterocycles. The van der Waals surface area contributed by atoms with Crippen LogP contribution in [-0.2, 0) is 65.4 Å². The number of rotatable bonds is 73. The molecular weight excluding hydrogens is 1220 g/mol. The fourth-order valence-electron chi connectivity index (χ4n) is 11.3. The van der Waals surface area contributed by atoms with Crippen LogP contribution in [0, 0.1) is 11.8 Å². The molecule has 19 heteroatoms. The fraction of sp³-hybridized carbons (Fsp3) is 0.946. The fourth-order valence-corrected chi connectivity index (χ4v) is 12.8. The maximum absolute atomic E-state index is 13.1. The lowest BCUT2D eigenvalue weighted by molar-refractivity contribution is -0.161. The topological polar surface area (TPSA) is 237 Å². The number of carbonyl (C=O) groups is 4. The van der Waals surface area contributed by atoms with Gasteiger partial charge >= 0.3 is 39.5 Å². The van der Waals surface area contributed by atoms with Gasteiger partial charge in [-0.05, 0) is 37.5 Å². The second-order valence-corrected chi connectivity index (χ2v) is 30.3. The minimum absolute atomic E-state index is 0.107. The van der Waals surface area contributed by atoms with E-state index in [0.717, 1.165) is 102 Å². The van der Waals surface area contributed by atoms with Crippen LogP contribution >= 0.6 is 15.6 Å². The SMILES string of the molecule is CCCCCCCCCCCCCCCC(=O)O[C@H](COC(=O)CCCCCCCCCCCCC)COP(=O)(O)OC[C@H](O)COP(=O)(O)OC[C@@H](COC(=O)CCCCCCCCCCCCC(C)CC)OC(=O)CCCCCCCCCCCCCCC(C)C. The summed E-state index contributed by atoms with van der Waals surface area (Å²) in [6.07, 6.45) is 52.4. The Morgan fingerprint density at radius 3 is 0.817 bits per heavy atom. The summed E-state index contributed by atoms with van der Waals surface area (Å²) >= 11 is 0. The highest BCUT2D eigenvalue weighted by Gasteiger charge is 2.30. The molecule has 0 aromatic rings. The van der Waals surface area contributed by atoms with E-state index >= 15 is 0 Å². The maximum Gasteiger partial charge on any atom is 0.472 e. The van der Waals surface area contributed by atoms with Gasteiger partial charge in [-0.25, -0.2) is 9.13 Å². The predicted molar refractivity (Wildman–Crippen MR) is 377 cm³/mol. The minimum Gasteiger partial charge on any atom is -0.462 e. The normalized spacial score (nSPS) is 14.3. The molecular formula is C74H144O17P2. The Balaban J connectivity index is 5.27. The Morgan fingerprint density at radius 2 is 0.548 bits per heavy atom. The van der Waals surface area contributed by atoms with Gasteiger partial charge < -0.3 is 33.8 Å². The molecule has 552 valence electrons. The van der Waals surface area contributed by atoms with Crippen molar-refractivity contribution in [3.05, 3.63) is 0 Å². The van der Waals surface area contributed by atoms with E-state index in [9.17, 15) is 43.2 Å². The summed E-state index contributed by atoms with van der Waals surface area (Å²) in [6, 6.07) is 0. The van der Waals surface area contributed by atoms with Crippen LogP contribution < -0.4 is 0 Å². The van der Waals surface area contributed by atoms with E-state index in [1.807, 2.05) is 0 Å². The Labute approximate surface area is 568 Å². The van der Waals surface area contributed by atoms with E-state index in [1.165, 1.54) is 199 Å². The number of hydrogen-bond acceptors (Lipinski definition) is 15. The average Bonchev–Trinajstić information content (AvgIpc) is 3.66. The van der Waals surface area contributed by atoms with E-state index in [-0.39, 0.29) is 25.7 Å². The number of phosphoric ester groups is 2. The standard InChI is InChI=1S/C74H144O17P2/c1-7-10-12-14-16-18-20-21-26-34-40-46-52-58-73(78)90-69(62-84-71(76)56-50-44-38-32-24-19-17-15-13-11-8-2)64-88-92(80,81)86-60-68(75)61-87-93(82,83)89-65-70(63-85-72(77)57-51-45-39-33-29-28-31-37-43-49-55-67(6)9-3)91-74(79)59-53-47-41-35-27-23-22-25-30-36-42-48-54-66(4)5/h66-70,75H,7-65H2,1-6H3,(H,80,81)(H,82,83)/t67?,68-,69+,70+/m0/s1. The highest BCUT2D eigenvalue weighted by molar-refractivity contribution is 7.47. The molecule has 0 aromatic carbocycles. The number of aliphatic hydroxyl groups is 1. The summed E-state index contributed by atoms with van der Waals surface area (Å²) in [5, 5.41) is 10.6. The van der Waals surface area contributed by atoms with Gasteiger partial charge in [0.2, 0.25) is 0 Å². The van der Waals surface area contributed by atoms with Crippen LogP contribution in [0.4, 0.5) is 0 Å². The molecule has 0 aliphatic heterocycles. The molecule has 17 nitrogen and oxygen atoms in total. The van der Waals surface area contributed by atoms with Gasteiger partial charge in [0.25, 0.3) is 0 Å². The number of hydrogen-bond donors (Lipinski definition) is 3. The van der Waals surface area contributed by atoms with Crippen molar-refractivity contribution in [2.24, 2.45) is 11.8 Å². The molecule has 0 saturated carbocycles. The van der Waals surface area contributed by atoms with Crippen molar-refractivity contribution in [3.8, 4) is 0 Å². The number of carbonyl (C=O) groups excluding carboxylic acids is 4. The molecule has 0 amide bonds. The average molecular weight is 1370 g/mol. The smallest absolute Gasteiger partial charge is 0.462 e. The van der Waals surface area contributed by atoms with E-state index in [0.29, 0.717) is 25.7 Å². The number of phosphoric acid groups is 2. The highest BCUT2D eigenvalue weighted by atomic mass is 31.2. The Hall–Kier alpha value is -1.94. The summed E-state index contributed by atoms with van der Waals surface area (Å²) in [5.74, 6) is -0.530. The molecule has 6 atom stereocenters. The van der Waals surface area contributed by atoms with E-state index in [1.54, 1.807) is 0 Å². The number of ether oxygens (including phenoxy) is 4. The molecule has 0 aliphatic carbocycles. The van der Waals surface area contributed by atoms with Gasteiger partial charge in [0.05, 0.1) is 26.4 Å². The van der Waals surface area contributed by atoms with Crippen molar-refractivity contribution in [1.82, 2.24) is 0 Å². The summed E-state index contributed by atoms with van der Waals surface area (Å²) in [7, 11) is -9.91. The lowest BCUT2D eigenvalue weighted by Crippen LogP contribution is -2.30. The van der Waals surface area contributed by atoms with E-state index < -0.39 is 97.5 Å². The summed E-state index contributed by atoms with van der Waals surface area (Å²) in [4.78, 5) is 72.8. The largest absolute Gasteiger partial charge is 0.472 e. The third-order valence-corrected chi connectivity index (χ3v) is 19.5. The minimum atomic E-state index is -4.96. The molecule has 3 N–H and O–H groups in total. The lowest BCUT2D eigenvalue weighted by atomic mass is 9.99. The molecule has 0 saturated heterocycles. The maximum atomic E-state index is 13.1. The lowest BCUT2D eigenvalue weighted by Gasteiger charge is -2.21. The first kappa shape index (κ1) is 91.1. The van der Waals surface area contributed by atoms with Gasteiger partial charge in [0, 0.05) is 25.7 Å². The molecule has 0 aliphatic rings. The monoisotopic (exact) mass is 1370 g/mol. The van der Waals surface area contributed by atoms with Crippen LogP contribution in [-0.4, -0.2) is 96.7 Å². The molecule has 0 bridgehead atoms. The second-order valence-electron chi connectivity index (χ2n) is 27.4. The van der Waals surface area contributed by atoms with Gasteiger partial charge in [-0.1, -0.05) is 330 Å². The van der Waals surface area contributed by atoms with Crippen LogP contribution in [0.3, 0.4) is 0 Å². The van der Waals surface area contributed by atoms with Crippen molar-refractivity contribution in [3.63, 3.8) is 0 Å². The highest BCUT2D eigenvalue weighted by Crippen LogP contribution is 2.45. The van der Waals surface area contributed by atoms with Crippen molar-refractivity contribution < 1.29 is 80.2 Å². The van der Waals surface area contributed by atoms with E-state index in [2.05, 4.69) is 41.5 Å². The summed E-state index contributed by atoms with van der Waals surface area (Å²) in [5.41, 5.74) is 0. The van der Waals surface area contributed by atoms with Crippen LogP contribution in [0.25, 0.3) is 0 Å². The van der Waals surface area contributed by atoms with Crippen LogP contribution in [0.2, 0.25) is 0 Å². The molecule has 0 radical (unpaired) electrons. The van der Waals surface area contributed by atoms with Gasteiger partial charge in [-0.2, -0.15) is 0 Å². The van der Waals surface area contributed by atoms with E-state index in [4.69, 9.17) is 37.0 Å². The van der Waals surface area contributed by atoms with Crippen molar-refractivity contribution in [1.29, 1.82) is 0 Å². The molecule has 3 unspecified atom stereocenters. The zero-order valence-electron chi connectivity index (χ0n) is 60.6. The zero-order chi connectivity index (χ0) is 68.6. The molecule has 93 heavy (non-hydrogen) atoms. The van der Waals surface area contributed by atoms with Crippen LogP contribution in [0.5, 0.6) is 0 Å². The third-order valence-electron chi connectivity index (χ3n) is 17.6. The Kier molecular flexibility index (Phi) is 64.6. The first-order valence-corrected chi connectivity index (χ1v) is 41.5. The van der Waals surface area contributed by atoms with Gasteiger partial charge in [0.15, 0.2) is 12.2 Å². The molecule has 0 spiro atoms. The van der Waals surface area contributed by atoms with Crippen molar-refractivity contribution in [2.75, 3.05) is 39.6 Å². The van der Waals surface area contributed by atoms with Gasteiger partial charge in [-0.3, -0.25) is 37.3 Å². The number of aliphatic hydroxyl groups excluding tert-OH is 1.